The third-order valence-corrected chi connectivity index (χ3v) is 3.18. The predicted molar refractivity (Wildman–Crippen MR) is 46.3 cm³/mol. The van der Waals surface area contributed by atoms with Gasteiger partial charge in [-0.3, -0.25) is 0 Å². The van der Waals surface area contributed by atoms with Gasteiger partial charge < -0.3 is 5.11 Å². The first-order valence-corrected chi connectivity index (χ1v) is 4.60. The Morgan fingerprint density at radius 2 is 2.20 bits per heavy atom. The van der Waals surface area contributed by atoms with Crippen molar-refractivity contribution in [2.24, 2.45) is 5.92 Å². The van der Waals surface area contributed by atoms with E-state index >= 15 is 0 Å². The number of hydrogen-bond donors (Lipinski definition) is 1. The Morgan fingerprint density at radius 3 is 2.70 bits per heavy atom. The minimum absolute atomic E-state index is 0.170. The van der Waals surface area contributed by atoms with Crippen LogP contribution in [-0.4, -0.2) is 16.0 Å². The highest BCUT2D eigenvalue weighted by atomic mass is 79.9. The van der Waals surface area contributed by atoms with Crippen molar-refractivity contribution < 1.29 is 5.11 Å². The summed E-state index contributed by atoms with van der Waals surface area (Å²) in [5.41, 5.74) is 0. The third-order valence-electron chi connectivity index (χ3n) is 2.11. The number of hydrogen-bond acceptors (Lipinski definition) is 1. The van der Waals surface area contributed by atoms with Crippen molar-refractivity contribution in [3.8, 4) is 0 Å². The topological polar surface area (TPSA) is 20.2 Å². The highest BCUT2D eigenvalue weighted by Gasteiger charge is 2.25. The Balaban J connectivity index is 2.40. The molecule has 1 aliphatic rings. The molecule has 10 heavy (non-hydrogen) atoms. The average Bonchev–Trinajstić information content (AvgIpc) is 1.95. The van der Waals surface area contributed by atoms with Crippen LogP contribution in [0.1, 0.15) is 19.3 Å². The summed E-state index contributed by atoms with van der Waals surface area (Å²) < 4.78 is 0. The first-order chi connectivity index (χ1) is 4.74. The van der Waals surface area contributed by atoms with Crippen LogP contribution in [0.4, 0.5) is 0 Å². The second kappa shape index (κ2) is 3.54. The van der Waals surface area contributed by atoms with Gasteiger partial charge in [-0.05, 0) is 25.2 Å². The van der Waals surface area contributed by atoms with Gasteiger partial charge in [-0.15, -0.1) is 6.58 Å². The summed E-state index contributed by atoms with van der Waals surface area (Å²) >= 11 is 3.43. The summed E-state index contributed by atoms with van der Waals surface area (Å²) in [5.74, 6) is 0.531. The molecule has 1 N–H and O–H groups in total. The lowest BCUT2D eigenvalue weighted by atomic mass is 9.87. The Morgan fingerprint density at radius 1 is 1.50 bits per heavy atom. The molecule has 1 saturated carbocycles. The second-order valence-electron chi connectivity index (χ2n) is 2.89. The molecule has 0 aromatic heterocycles. The minimum Gasteiger partial charge on any atom is -0.392 e. The maximum Gasteiger partial charge on any atom is 0.0670 e. The molecule has 2 heteroatoms. The van der Waals surface area contributed by atoms with Crippen molar-refractivity contribution in [3.05, 3.63) is 12.7 Å². The van der Waals surface area contributed by atoms with Crippen LogP contribution in [0.3, 0.4) is 0 Å². The van der Waals surface area contributed by atoms with Gasteiger partial charge in [-0.1, -0.05) is 22.0 Å². The van der Waals surface area contributed by atoms with Gasteiger partial charge in [-0.2, -0.15) is 0 Å². The first-order valence-electron chi connectivity index (χ1n) is 3.68. The number of aliphatic hydroxyl groups excluding tert-OH is 1. The maximum atomic E-state index is 9.38. The number of alkyl halides is 1. The second-order valence-corrected chi connectivity index (χ2v) is 4.07. The predicted octanol–water partition coefficient (Wildman–Crippen LogP) is 2.10. The largest absolute Gasteiger partial charge is 0.392 e. The quantitative estimate of drug-likeness (QED) is 0.513. The van der Waals surface area contributed by atoms with Gasteiger partial charge in [0.1, 0.15) is 0 Å². The van der Waals surface area contributed by atoms with E-state index in [1.807, 2.05) is 6.08 Å². The fraction of sp³-hybridized carbons (Fsp3) is 0.750. The third kappa shape index (κ3) is 1.83. The van der Waals surface area contributed by atoms with Crippen LogP contribution in [-0.2, 0) is 0 Å². The van der Waals surface area contributed by atoms with Crippen molar-refractivity contribution in [1.82, 2.24) is 0 Å². The average molecular weight is 205 g/mol. The number of halogens is 1. The summed E-state index contributed by atoms with van der Waals surface area (Å²) in [6, 6.07) is 0. The van der Waals surface area contributed by atoms with Gasteiger partial charge in [0, 0.05) is 4.83 Å². The van der Waals surface area contributed by atoms with Crippen LogP contribution in [0.25, 0.3) is 0 Å². The summed E-state index contributed by atoms with van der Waals surface area (Å²) in [6.45, 7) is 3.72. The van der Waals surface area contributed by atoms with E-state index in [1.54, 1.807) is 0 Å². The molecule has 1 rings (SSSR count). The molecule has 0 radical (unpaired) electrons. The van der Waals surface area contributed by atoms with Crippen molar-refractivity contribution >= 4 is 15.9 Å². The molecule has 0 saturated heterocycles. The van der Waals surface area contributed by atoms with Crippen LogP contribution in [0.5, 0.6) is 0 Å². The number of aliphatic hydroxyl groups is 1. The van der Waals surface area contributed by atoms with Crippen molar-refractivity contribution in [3.63, 3.8) is 0 Å². The zero-order valence-electron chi connectivity index (χ0n) is 5.96. The Kier molecular flexibility index (Phi) is 2.93. The molecule has 3 unspecified atom stereocenters. The van der Waals surface area contributed by atoms with Gasteiger partial charge in [0.25, 0.3) is 0 Å². The molecule has 0 aliphatic heterocycles. The molecule has 0 aromatic rings. The van der Waals surface area contributed by atoms with Crippen molar-refractivity contribution in [1.29, 1.82) is 0 Å². The molecule has 0 spiro atoms. The van der Waals surface area contributed by atoms with Gasteiger partial charge in [-0.25, -0.2) is 0 Å². The molecule has 58 valence electrons. The van der Waals surface area contributed by atoms with E-state index in [4.69, 9.17) is 0 Å². The Bertz CT molecular complexity index is 124. The summed E-state index contributed by atoms with van der Waals surface area (Å²) in [5, 5.41) is 9.38. The lowest BCUT2D eigenvalue weighted by molar-refractivity contribution is 0.122. The molecular weight excluding hydrogens is 192 g/mol. The molecule has 0 heterocycles. The smallest absolute Gasteiger partial charge is 0.0670 e. The summed E-state index contributed by atoms with van der Waals surface area (Å²) in [4.78, 5) is 0.309. The van der Waals surface area contributed by atoms with E-state index in [-0.39, 0.29) is 6.10 Å². The minimum atomic E-state index is -0.170. The molecule has 1 fully saturated rings. The van der Waals surface area contributed by atoms with Crippen LogP contribution in [0, 0.1) is 5.92 Å². The molecule has 0 aromatic carbocycles. The zero-order valence-corrected chi connectivity index (χ0v) is 7.55. The number of rotatable bonds is 1. The molecule has 1 aliphatic carbocycles. The van der Waals surface area contributed by atoms with E-state index in [0.29, 0.717) is 10.7 Å². The highest BCUT2D eigenvalue weighted by molar-refractivity contribution is 9.09. The molecular formula is C8H13BrO. The molecule has 0 bridgehead atoms. The Hall–Kier alpha value is 0.180. The van der Waals surface area contributed by atoms with Gasteiger partial charge in [0.2, 0.25) is 0 Å². The van der Waals surface area contributed by atoms with Crippen LogP contribution < -0.4 is 0 Å². The summed E-state index contributed by atoms with van der Waals surface area (Å²) in [6.07, 6.45) is 4.88. The normalized spacial score (nSPS) is 41.2. The van der Waals surface area contributed by atoms with Crippen LogP contribution >= 0.6 is 15.9 Å². The van der Waals surface area contributed by atoms with E-state index in [9.17, 15) is 5.11 Å². The van der Waals surface area contributed by atoms with E-state index in [1.165, 1.54) is 0 Å². The molecule has 1 nitrogen and oxygen atoms in total. The standard InChI is InChI=1S/C8H13BrO/c1-2-6-3-4-7(9)8(10)5-6/h2,6-8,10H,1,3-5H2. The van der Waals surface area contributed by atoms with E-state index in [2.05, 4.69) is 22.5 Å². The fourth-order valence-corrected chi connectivity index (χ4v) is 1.84. The fourth-order valence-electron chi connectivity index (χ4n) is 1.36. The van der Waals surface area contributed by atoms with Gasteiger partial charge in [0.05, 0.1) is 6.10 Å². The van der Waals surface area contributed by atoms with E-state index < -0.39 is 0 Å². The zero-order chi connectivity index (χ0) is 7.56. The maximum absolute atomic E-state index is 9.38. The van der Waals surface area contributed by atoms with E-state index in [0.717, 1.165) is 19.3 Å². The monoisotopic (exact) mass is 204 g/mol. The summed E-state index contributed by atoms with van der Waals surface area (Å²) in [7, 11) is 0. The lowest BCUT2D eigenvalue weighted by Crippen LogP contribution is -2.28. The SMILES string of the molecule is C=CC1CCC(Br)C(O)C1. The van der Waals surface area contributed by atoms with Gasteiger partial charge in [0.15, 0.2) is 0 Å². The van der Waals surface area contributed by atoms with Crippen molar-refractivity contribution in [2.45, 2.75) is 30.2 Å². The molecule has 3 atom stereocenters. The van der Waals surface area contributed by atoms with Crippen molar-refractivity contribution in [2.75, 3.05) is 0 Å². The van der Waals surface area contributed by atoms with Crippen LogP contribution in [0.15, 0.2) is 12.7 Å². The van der Waals surface area contributed by atoms with Crippen LogP contribution in [0.2, 0.25) is 0 Å². The van der Waals surface area contributed by atoms with Gasteiger partial charge >= 0.3 is 0 Å². The first kappa shape index (κ1) is 8.28. The Labute approximate surface area is 70.3 Å². The molecule has 0 amide bonds. The number of allylic oxidation sites excluding steroid dienone is 1. The lowest BCUT2D eigenvalue weighted by Gasteiger charge is -2.27. The highest BCUT2D eigenvalue weighted by Crippen LogP contribution is 2.29.